The number of pyridine rings is 1. The van der Waals surface area contributed by atoms with Gasteiger partial charge >= 0.3 is 0 Å². The molecule has 2 aromatic carbocycles. The van der Waals surface area contributed by atoms with Crippen LogP contribution in [0.2, 0.25) is 0 Å². The third-order valence-electron chi connectivity index (χ3n) is 3.63. The SMILES string of the molecule is O=S(=O)(NCC(O)c1ccccc1F)c1cccc2ncccc12. The van der Waals surface area contributed by atoms with Gasteiger partial charge in [-0.3, -0.25) is 4.98 Å². The van der Waals surface area contributed by atoms with E-state index in [2.05, 4.69) is 9.71 Å². The zero-order chi connectivity index (χ0) is 17.2. The van der Waals surface area contributed by atoms with Crippen LogP contribution in [0.15, 0.2) is 65.7 Å². The van der Waals surface area contributed by atoms with Gasteiger partial charge in [0.1, 0.15) is 5.82 Å². The number of hydrogen-bond acceptors (Lipinski definition) is 4. The summed E-state index contributed by atoms with van der Waals surface area (Å²) in [6.45, 7) is -0.333. The van der Waals surface area contributed by atoms with E-state index in [0.29, 0.717) is 10.9 Å². The van der Waals surface area contributed by atoms with Crippen molar-refractivity contribution in [3.63, 3.8) is 0 Å². The third kappa shape index (κ3) is 3.28. The molecular formula is C17H15FN2O3S. The molecule has 5 nitrogen and oxygen atoms in total. The third-order valence-corrected chi connectivity index (χ3v) is 5.11. The first-order valence-electron chi connectivity index (χ1n) is 7.25. The van der Waals surface area contributed by atoms with Crippen LogP contribution in [0.5, 0.6) is 0 Å². The zero-order valence-corrected chi connectivity index (χ0v) is 13.4. The van der Waals surface area contributed by atoms with Crippen LogP contribution in [0.1, 0.15) is 11.7 Å². The Kier molecular flexibility index (Phi) is 4.57. The fourth-order valence-electron chi connectivity index (χ4n) is 2.43. The largest absolute Gasteiger partial charge is 0.387 e. The standard InChI is InChI=1S/C17H15FN2O3S/c18-14-7-2-1-5-12(14)16(21)11-20-24(22,23)17-9-3-8-15-13(17)6-4-10-19-15/h1-10,16,20-21H,11H2. The highest BCUT2D eigenvalue weighted by molar-refractivity contribution is 7.89. The summed E-state index contributed by atoms with van der Waals surface area (Å²) in [5.74, 6) is -0.585. The van der Waals surface area contributed by atoms with E-state index < -0.39 is 21.9 Å². The maximum absolute atomic E-state index is 13.6. The fraction of sp³-hybridized carbons (Fsp3) is 0.118. The molecule has 0 saturated heterocycles. The number of benzene rings is 2. The molecule has 0 amide bonds. The second-order valence-electron chi connectivity index (χ2n) is 5.22. The lowest BCUT2D eigenvalue weighted by Gasteiger charge is -2.14. The second-order valence-corrected chi connectivity index (χ2v) is 6.95. The number of aromatic nitrogens is 1. The van der Waals surface area contributed by atoms with E-state index in [1.165, 1.54) is 24.3 Å². The lowest BCUT2D eigenvalue weighted by atomic mass is 10.1. The first kappa shape index (κ1) is 16.5. The van der Waals surface area contributed by atoms with Crippen LogP contribution >= 0.6 is 0 Å². The van der Waals surface area contributed by atoms with E-state index in [9.17, 15) is 17.9 Å². The molecule has 1 heterocycles. The van der Waals surface area contributed by atoms with E-state index in [0.717, 1.165) is 0 Å². The molecule has 0 aliphatic carbocycles. The Balaban J connectivity index is 1.85. The number of rotatable bonds is 5. The first-order chi connectivity index (χ1) is 11.5. The number of nitrogens with zero attached hydrogens (tertiary/aromatic N) is 1. The number of aliphatic hydroxyl groups excluding tert-OH is 1. The van der Waals surface area contributed by atoms with Gasteiger partial charge in [0.05, 0.1) is 16.5 Å². The molecule has 0 aliphatic heterocycles. The molecule has 0 aliphatic rings. The van der Waals surface area contributed by atoms with Crippen molar-refractivity contribution in [3.05, 3.63) is 72.2 Å². The molecule has 124 valence electrons. The van der Waals surface area contributed by atoms with Crippen molar-refractivity contribution in [2.24, 2.45) is 0 Å². The van der Waals surface area contributed by atoms with Crippen LogP contribution in [0.4, 0.5) is 4.39 Å². The van der Waals surface area contributed by atoms with Gasteiger partial charge in [-0.1, -0.05) is 24.3 Å². The van der Waals surface area contributed by atoms with Crippen LogP contribution in [0.25, 0.3) is 10.9 Å². The number of halogens is 1. The number of aliphatic hydroxyl groups is 1. The van der Waals surface area contributed by atoms with Crippen molar-refractivity contribution in [1.29, 1.82) is 0 Å². The average molecular weight is 346 g/mol. The number of nitrogens with one attached hydrogen (secondary N) is 1. The molecule has 0 radical (unpaired) electrons. The van der Waals surface area contributed by atoms with E-state index in [-0.39, 0.29) is 17.0 Å². The predicted molar refractivity (Wildman–Crippen MR) is 88.3 cm³/mol. The van der Waals surface area contributed by atoms with Crippen molar-refractivity contribution >= 4 is 20.9 Å². The van der Waals surface area contributed by atoms with Crippen LogP contribution in [-0.4, -0.2) is 25.1 Å². The average Bonchev–Trinajstić information content (AvgIpc) is 2.59. The highest BCUT2D eigenvalue weighted by Crippen LogP contribution is 2.22. The van der Waals surface area contributed by atoms with Crippen molar-refractivity contribution in [1.82, 2.24) is 9.71 Å². The van der Waals surface area contributed by atoms with Gasteiger partial charge in [-0.15, -0.1) is 0 Å². The molecule has 3 aromatic rings. The highest BCUT2D eigenvalue weighted by atomic mass is 32.2. The summed E-state index contributed by atoms with van der Waals surface area (Å²) in [5, 5.41) is 10.5. The Morgan fingerprint density at radius 2 is 1.88 bits per heavy atom. The van der Waals surface area contributed by atoms with Gasteiger partial charge in [0, 0.05) is 23.7 Å². The molecule has 1 unspecified atom stereocenters. The van der Waals surface area contributed by atoms with Crippen molar-refractivity contribution in [3.8, 4) is 0 Å². The van der Waals surface area contributed by atoms with Crippen molar-refractivity contribution in [2.45, 2.75) is 11.0 Å². The van der Waals surface area contributed by atoms with E-state index in [4.69, 9.17) is 0 Å². The normalized spacial score (nSPS) is 13.1. The van der Waals surface area contributed by atoms with Crippen molar-refractivity contribution < 1.29 is 17.9 Å². The number of hydrogen-bond donors (Lipinski definition) is 2. The van der Waals surface area contributed by atoms with Crippen LogP contribution in [0.3, 0.4) is 0 Å². The zero-order valence-electron chi connectivity index (χ0n) is 12.6. The fourth-order valence-corrected chi connectivity index (χ4v) is 3.68. The maximum Gasteiger partial charge on any atom is 0.241 e. The Morgan fingerprint density at radius 3 is 2.67 bits per heavy atom. The molecular weight excluding hydrogens is 331 g/mol. The smallest absolute Gasteiger partial charge is 0.241 e. The quantitative estimate of drug-likeness (QED) is 0.743. The molecule has 0 bridgehead atoms. The van der Waals surface area contributed by atoms with Gasteiger partial charge in [0.2, 0.25) is 10.0 Å². The second kappa shape index (κ2) is 6.64. The van der Waals surface area contributed by atoms with Gasteiger partial charge in [0.25, 0.3) is 0 Å². The minimum Gasteiger partial charge on any atom is -0.387 e. The molecule has 0 fully saturated rings. The van der Waals surface area contributed by atoms with Gasteiger partial charge < -0.3 is 5.11 Å². The summed E-state index contributed by atoms with van der Waals surface area (Å²) in [5.41, 5.74) is 0.592. The molecule has 1 atom stereocenters. The summed E-state index contributed by atoms with van der Waals surface area (Å²) in [6.07, 6.45) is 0.294. The molecule has 24 heavy (non-hydrogen) atoms. The van der Waals surface area contributed by atoms with Gasteiger partial charge in [-0.25, -0.2) is 17.5 Å². The predicted octanol–water partition coefficient (Wildman–Crippen LogP) is 2.39. The Morgan fingerprint density at radius 1 is 1.08 bits per heavy atom. The molecule has 2 N–H and O–H groups in total. The van der Waals surface area contributed by atoms with E-state index >= 15 is 0 Å². The van der Waals surface area contributed by atoms with E-state index in [1.54, 1.807) is 36.5 Å². The Bertz CT molecular complexity index is 971. The summed E-state index contributed by atoms with van der Waals surface area (Å²) in [7, 11) is -3.88. The minimum absolute atomic E-state index is 0.0415. The lowest BCUT2D eigenvalue weighted by molar-refractivity contribution is 0.177. The number of sulfonamides is 1. The van der Waals surface area contributed by atoms with Gasteiger partial charge in [0.15, 0.2) is 0 Å². The van der Waals surface area contributed by atoms with Crippen LogP contribution < -0.4 is 4.72 Å². The summed E-state index contributed by atoms with van der Waals surface area (Å²) >= 11 is 0. The molecule has 3 rings (SSSR count). The monoisotopic (exact) mass is 346 g/mol. The summed E-state index contributed by atoms with van der Waals surface area (Å²) in [6, 6.07) is 13.8. The lowest BCUT2D eigenvalue weighted by Crippen LogP contribution is -2.29. The molecule has 7 heteroatoms. The summed E-state index contributed by atoms with van der Waals surface area (Å²) in [4.78, 5) is 4.18. The van der Waals surface area contributed by atoms with E-state index in [1.807, 2.05) is 0 Å². The van der Waals surface area contributed by atoms with Gasteiger partial charge in [-0.2, -0.15) is 0 Å². The number of fused-ring (bicyclic) bond motifs is 1. The maximum atomic E-state index is 13.6. The molecule has 1 aromatic heterocycles. The van der Waals surface area contributed by atoms with Crippen LogP contribution in [0, 0.1) is 5.82 Å². The van der Waals surface area contributed by atoms with Gasteiger partial charge in [-0.05, 0) is 30.3 Å². The highest BCUT2D eigenvalue weighted by Gasteiger charge is 2.20. The van der Waals surface area contributed by atoms with Crippen LogP contribution in [-0.2, 0) is 10.0 Å². The van der Waals surface area contributed by atoms with Crippen molar-refractivity contribution in [2.75, 3.05) is 6.54 Å². The first-order valence-corrected chi connectivity index (χ1v) is 8.73. The summed E-state index contributed by atoms with van der Waals surface area (Å²) < 4.78 is 41.0. The molecule has 0 saturated carbocycles. The topological polar surface area (TPSA) is 79.3 Å². The minimum atomic E-state index is -3.88. The molecule has 0 spiro atoms. The Hall–Kier alpha value is -2.35. The Labute approximate surface area is 138 Å².